The van der Waals surface area contributed by atoms with E-state index in [1.807, 2.05) is 73.8 Å². The summed E-state index contributed by atoms with van der Waals surface area (Å²) >= 11 is 0. The number of hydrogen-bond donors (Lipinski definition) is 3. The quantitative estimate of drug-likeness (QED) is 0.540. The van der Waals surface area contributed by atoms with Crippen LogP contribution in [0.25, 0.3) is 11.1 Å². The predicted octanol–water partition coefficient (Wildman–Crippen LogP) is 2.45. The Morgan fingerprint density at radius 3 is 2.00 bits per heavy atom. The van der Waals surface area contributed by atoms with E-state index in [-0.39, 0.29) is 24.9 Å². The van der Waals surface area contributed by atoms with Crippen molar-refractivity contribution in [3.05, 3.63) is 78.9 Å². The molecule has 3 rings (SSSR count). The van der Waals surface area contributed by atoms with Crippen LogP contribution < -0.4 is 20.3 Å². The molecule has 2 amide bonds. The molecule has 3 N–H and O–H groups in total. The number of carbonyl (C=O) groups excluding carboxylic acids is 2. The molecule has 30 heavy (non-hydrogen) atoms. The number of hydrogen-bond acceptors (Lipinski definition) is 3. The van der Waals surface area contributed by atoms with Gasteiger partial charge >= 0.3 is 0 Å². The number of anilines is 2. The Kier molecular flexibility index (Phi) is 7.19. The van der Waals surface area contributed by atoms with Gasteiger partial charge in [0, 0.05) is 17.4 Å². The number of nitrogens with one attached hydrogen (secondary N) is 3. The van der Waals surface area contributed by atoms with Crippen molar-refractivity contribution in [2.24, 2.45) is 0 Å². The lowest BCUT2D eigenvalue weighted by atomic mass is 10.1. The van der Waals surface area contributed by atoms with Gasteiger partial charge in [-0.2, -0.15) is 0 Å². The van der Waals surface area contributed by atoms with Gasteiger partial charge in [0.1, 0.15) is 5.75 Å². The molecule has 0 heterocycles. The second kappa shape index (κ2) is 10.2. The molecule has 6 heteroatoms. The highest BCUT2D eigenvalue weighted by atomic mass is 16.5. The molecule has 3 aromatic carbocycles. The normalized spacial score (nSPS) is 11.4. The fraction of sp³-hybridized carbons (Fsp3) is 0.167. The van der Waals surface area contributed by atoms with E-state index in [0.29, 0.717) is 11.4 Å². The van der Waals surface area contributed by atoms with E-state index in [1.165, 1.54) is 0 Å². The SMILES string of the molecule is COc1cccc(NC(=O)C[NH+](C)CC(=O)Nc2ccc(-c3ccccc3)cc2)c1. The first-order valence-corrected chi connectivity index (χ1v) is 9.74. The number of likely N-dealkylation sites (N-methyl/N-ethyl adjacent to an activating group) is 1. The monoisotopic (exact) mass is 404 g/mol. The van der Waals surface area contributed by atoms with Gasteiger partial charge in [0.15, 0.2) is 13.1 Å². The molecule has 0 aliphatic rings. The van der Waals surface area contributed by atoms with Gasteiger partial charge < -0.3 is 20.3 Å². The molecule has 1 unspecified atom stereocenters. The Hall–Kier alpha value is -3.64. The van der Waals surface area contributed by atoms with Gasteiger partial charge in [-0.15, -0.1) is 0 Å². The summed E-state index contributed by atoms with van der Waals surface area (Å²) in [6.45, 7) is 0.365. The fourth-order valence-electron chi connectivity index (χ4n) is 3.10. The molecule has 0 fully saturated rings. The number of rotatable bonds is 8. The summed E-state index contributed by atoms with van der Waals surface area (Å²) in [6, 6.07) is 24.9. The van der Waals surface area contributed by atoms with E-state index in [0.717, 1.165) is 21.7 Å². The highest BCUT2D eigenvalue weighted by Gasteiger charge is 2.15. The minimum atomic E-state index is -0.166. The van der Waals surface area contributed by atoms with Crippen molar-refractivity contribution >= 4 is 23.2 Å². The maximum absolute atomic E-state index is 12.3. The summed E-state index contributed by atoms with van der Waals surface area (Å²) in [7, 11) is 3.38. The molecule has 0 saturated carbocycles. The topological polar surface area (TPSA) is 71.9 Å². The van der Waals surface area contributed by atoms with Crippen LogP contribution in [-0.2, 0) is 9.59 Å². The van der Waals surface area contributed by atoms with Crippen LogP contribution >= 0.6 is 0 Å². The highest BCUT2D eigenvalue weighted by Crippen LogP contribution is 2.21. The van der Waals surface area contributed by atoms with E-state index < -0.39 is 0 Å². The summed E-state index contributed by atoms with van der Waals surface area (Å²) in [4.78, 5) is 25.3. The van der Waals surface area contributed by atoms with Crippen LogP contribution in [-0.4, -0.2) is 39.1 Å². The van der Waals surface area contributed by atoms with E-state index in [2.05, 4.69) is 10.6 Å². The van der Waals surface area contributed by atoms with Crippen molar-refractivity contribution < 1.29 is 19.2 Å². The Labute approximate surface area is 176 Å². The zero-order chi connectivity index (χ0) is 21.3. The summed E-state index contributed by atoms with van der Waals surface area (Å²) in [6.07, 6.45) is 0. The van der Waals surface area contributed by atoms with Gasteiger partial charge in [-0.25, -0.2) is 0 Å². The smallest absolute Gasteiger partial charge is 0.279 e. The molecule has 6 nitrogen and oxygen atoms in total. The van der Waals surface area contributed by atoms with Crippen LogP contribution in [0.5, 0.6) is 5.75 Å². The number of methoxy groups -OCH3 is 1. The van der Waals surface area contributed by atoms with Crippen molar-refractivity contribution in [3.63, 3.8) is 0 Å². The maximum Gasteiger partial charge on any atom is 0.279 e. The first-order valence-electron chi connectivity index (χ1n) is 9.74. The Bertz CT molecular complexity index is 988. The molecule has 0 aliphatic carbocycles. The number of amides is 2. The Morgan fingerprint density at radius 1 is 0.767 bits per heavy atom. The average molecular weight is 404 g/mol. The molecule has 3 aromatic rings. The third kappa shape index (κ3) is 6.18. The Morgan fingerprint density at radius 2 is 1.37 bits per heavy atom. The van der Waals surface area contributed by atoms with E-state index in [9.17, 15) is 9.59 Å². The molecule has 0 aromatic heterocycles. The standard InChI is InChI=1S/C24H25N3O3/c1-27(17-24(29)26-21-9-6-10-22(15-21)30-2)16-23(28)25-20-13-11-19(12-14-20)18-7-4-3-5-8-18/h3-15H,16-17H2,1-2H3,(H,25,28)(H,26,29)/p+1. The lowest BCUT2D eigenvalue weighted by Crippen LogP contribution is -3.11. The van der Waals surface area contributed by atoms with Gasteiger partial charge in [0.25, 0.3) is 11.8 Å². The molecular weight excluding hydrogens is 378 g/mol. The Balaban J connectivity index is 1.47. The van der Waals surface area contributed by atoms with Crippen LogP contribution in [0.15, 0.2) is 78.9 Å². The zero-order valence-corrected chi connectivity index (χ0v) is 17.1. The van der Waals surface area contributed by atoms with Crippen LogP contribution in [0.3, 0.4) is 0 Å². The van der Waals surface area contributed by atoms with Crippen molar-refractivity contribution in [1.82, 2.24) is 0 Å². The maximum atomic E-state index is 12.3. The van der Waals surface area contributed by atoms with Gasteiger partial charge in [-0.05, 0) is 35.4 Å². The first kappa shape index (κ1) is 21.1. The molecule has 0 saturated heterocycles. The van der Waals surface area contributed by atoms with Gasteiger partial charge in [0.05, 0.1) is 14.2 Å². The average Bonchev–Trinajstić information content (AvgIpc) is 2.74. The molecule has 1 atom stereocenters. The van der Waals surface area contributed by atoms with Crippen molar-refractivity contribution in [3.8, 4) is 16.9 Å². The molecule has 0 bridgehead atoms. The van der Waals surface area contributed by atoms with Crippen LogP contribution in [0, 0.1) is 0 Å². The van der Waals surface area contributed by atoms with Gasteiger partial charge in [-0.3, -0.25) is 9.59 Å². The van der Waals surface area contributed by atoms with E-state index in [1.54, 1.807) is 19.2 Å². The van der Waals surface area contributed by atoms with Crippen molar-refractivity contribution in [2.45, 2.75) is 0 Å². The summed E-state index contributed by atoms with van der Waals surface area (Å²) < 4.78 is 5.15. The first-order chi connectivity index (χ1) is 14.5. The zero-order valence-electron chi connectivity index (χ0n) is 17.1. The number of ether oxygens (including phenoxy) is 1. The third-order valence-electron chi connectivity index (χ3n) is 4.55. The molecule has 0 spiro atoms. The van der Waals surface area contributed by atoms with Crippen molar-refractivity contribution in [2.75, 3.05) is 37.9 Å². The van der Waals surface area contributed by atoms with E-state index in [4.69, 9.17) is 4.74 Å². The fourth-order valence-corrected chi connectivity index (χ4v) is 3.10. The van der Waals surface area contributed by atoms with Gasteiger partial charge in [0.2, 0.25) is 0 Å². The molecular formula is C24H26N3O3+. The van der Waals surface area contributed by atoms with E-state index >= 15 is 0 Å². The molecule has 154 valence electrons. The third-order valence-corrected chi connectivity index (χ3v) is 4.55. The number of carbonyl (C=O) groups is 2. The minimum Gasteiger partial charge on any atom is -0.497 e. The lowest BCUT2D eigenvalue weighted by molar-refractivity contribution is -0.862. The summed E-state index contributed by atoms with van der Waals surface area (Å²) in [5.74, 6) is 0.362. The van der Waals surface area contributed by atoms with Crippen LogP contribution in [0.2, 0.25) is 0 Å². The minimum absolute atomic E-state index is 0.144. The molecule has 0 aliphatic heterocycles. The second-order valence-electron chi connectivity index (χ2n) is 7.08. The molecule has 0 radical (unpaired) electrons. The van der Waals surface area contributed by atoms with Crippen LogP contribution in [0.4, 0.5) is 11.4 Å². The highest BCUT2D eigenvalue weighted by molar-refractivity contribution is 5.93. The van der Waals surface area contributed by atoms with Gasteiger partial charge in [-0.1, -0.05) is 48.5 Å². The summed E-state index contributed by atoms with van der Waals surface area (Å²) in [5.41, 5.74) is 3.61. The lowest BCUT2D eigenvalue weighted by Gasteiger charge is -2.14. The predicted molar refractivity (Wildman–Crippen MR) is 119 cm³/mol. The largest absolute Gasteiger partial charge is 0.497 e. The van der Waals surface area contributed by atoms with Crippen molar-refractivity contribution in [1.29, 1.82) is 0 Å². The van der Waals surface area contributed by atoms with Crippen LogP contribution in [0.1, 0.15) is 0 Å². The second-order valence-corrected chi connectivity index (χ2v) is 7.08. The number of quaternary nitrogens is 1. The number of benzene rings is 3. The summed E-state index contributed by atoms with van der Waals surface area (Å²) in [5, 5.41) is 5.70.